The second kappa shape index (κ2) is 10.4. The van der Waals surface area contributed by atoms with E-state index in [0.29, 0.717) is 17.0 Å². The number of hydrogen-bond acceptors (Lipinski definition) is 6. The molecule has 35 heavy (non-hydrogen) atoms. The Bertz CT molecular complexity index is 1440. The van der Waals surface area contributed by atoms with E-state index in [4.69, 9.17) is 0 Å². The summed E-state index contributed by atoms with van der Waals surface area (Å²) in [5.74, 6) is -0.219. The number of aromatic nitrogens is 1. The molecular weight excluding hydrogens is 482 g/mol. The average molecular weight is 508 g/mol. The summed E-state index contributed by atoms with van der Waals surface area (Å²) in [6.07, 6.45) is 3.41. The number of amides is 2. The molecule has 7 nitrogen and oxygen atoms in total. The highest BCUT2D eigenvalue weighted by Gasteiger charge is 2.19. The lowest BCUT2D eigenvalue weighted by atomic mass is 10.2. The number of carbonyl (C=O) groups excluding carboxylic acids is 2. The smallest absolute Gasteiger partial charge is 0.261 e. The molecule has 0 fully saturated rings. The van der Waals surface area contributed by atoms with Crippen LogP contribution in [0.5, 0.6) is 0 Å². The zero-order valence-electron chi connectivity index (χ0n) is 19.3. The monoisotopic (exact) mass is 507 g/mol. The number of rotatable bonds is 8. The molecule has 0 aliphatic heterocycles. The van der Waals surface area contributed by atoms with Crippen molar-refractivity contribution < 1.29 is 18.0 Å². The van der Waals surface area contributed by atoms with Crippen molar-refractivity contribution >= 4 is 43.1 Å². The number of hydrogen-bond donors (Lipinski definition) is 2. The van der Waals surface area contributed by atoms with E-state index in [1.165, 1.54) is 35.6 Å². The molecule has 2 N–H and O–H groups in total. The van der Waals surface area contributed by atoms with Crippen LogP contribution in [0.3, 0.4) is 0 Å². The Morgan fingerprint density at radius 1 is 0.943 bits per heavy atom. The fourth-order valence-electron chi connectivity index (χ4n) is 3.39. The Balaban J connectivity index is 1.43. The normalized spacial score (nSPS) is 11.5. The van der Waals surface area contributed by atoms with Crippen LogP contribution in [0.25, 0.3) is 10.1 Å². The molecule has 0 bridgehead atoms. The van der Waals surface area contributed by atoms with Crippen LogP contribution >= 0.6 is 11.3 Å². The average Bonchev–Trinajstić information content (AvgIpc) is 3.30. The maximum Gasteiger partial charge on any atom is 0.261 e. The van der Waals surface area contributed by atoms with Crippen molar-refractivity contribution in [2.45, 2.75) is 30.2 Å². The quantitative estimate of drug-likeness (QED) is 0.367. The lowest BCUT2D eigenvalue weighted by Crippen LogP contribution is -2.27. The summed E-state index contributed by atoms with van der Waals surface area (Å²) in [6.45, 7) is 4.74. The van der Waals surface area contributed by atoms with E-state index >= 15 is 0 Å². The summed E-state index contributed by atoms with van der Waals surface area (Å²) in [5, 5.41) is 6.62. The van der Waals surface area contributed by atoms with E-state index in [1.54, 1.807) is 36.7 Å². The molecule has 0 saturated carbocycles. The molecule has 4 aromatic rings. The Labute approximate surface area is 208 Å². The molecule has 0 aliphatic carbocycles. The van der Waals surface area contributed by atoms with Crippen LogP contribution < -0.4 is 10.6 Å². The molecule has 2 aromatic carbocycles. The first-order valence-corrected chi connectivity index (χ1v) is 13.4. The van der Waals surface area contributed by atoms with E-state index in [1.807, 2.05) is 26.0 Å². The molecule has 2 aromatic heterocycles. The molecule has 0 aliphatic rings. The van der Waals surface area contributed by atoms with Crippen LogP contribution in [0, 0.1) is 5.92 Å². The largest absolute Gasteiger partial charge is 0.352 e. The number of carbonyl (C=O) groups is 2. The molecule has 0 spiro atoms. The second-order valence-corrected chi connectivity index (χ2v) is 11.5. The third kappa shape index (κ3) is 5.75. The standard InChI is InChI=1S/C26H25N3O4S2/c1-17(2)14-28-25(30)20-4-3-5-22(12-20)35(32,33)21-8-6-18(7-9-21)15-29-26(31)23-13-19-10-11-27-16-24(19)34-23/h3-13,16-17H,14-15H2,1-2H3,(H,28,30)(H,29,31). The molecule has 0 saturated heterocycles. The zero-order valence-corrected chi connectivity index (χ0v) is 20.9. The van der Waals surface area contributed by atoms with E-state index in [0.717, 1.165) is 15.6 Å². The van der Waals surface area contributed by atoms with Gasteiger partial charge in [-0.2, -0.15) is 0 Å². The van der Waals surface area contributed by atoms with Crippen molar-refractivity contribution in [1.82, 2.24) is 15.6 Å². The fourth-order valence-corrected chi connectivity index (χ4v) is 5.64. The maximum absolute atomic E-state index is 13.1. The number of nitrogens with zero attached hydrogens (tertiary/aromatic N) is 1. The van der Waals surface area contributed by atoms with Gasteiger partial charge < -0.3 is 10.6 Å². The van der Waals surface area contributed by atoms with Crippen LogP contribution in [0.2, 0.25) is 0 Å². The molecule has 0 radical (unpaired) electrons. The summed E-state index contributed by atoms with van der Waals surface area (Å²) in [6, 6.07) is 16.0. The van der Waals surface area contributed by atoms with E-state index in [9.17, 15) is 18.0 Å². The van der Waals surface area contributed by atoms with Gasteiger partial charge in [-0.05, 0) is 59.3 Å². The third-order valence-electron chi connectivity index (χ3n) is 5.31. The van der Waals surface area contributed by atoms with Crippen molar-refractivity contribution in [2.75, 3.05) is 6.54 Å². The number of fused-ring (bicyclic) bond motifs is 1. The van der Waals surface area contributed by atoms with E-state index in [2.05, 4.69) is 15.6 Å². The van der Waals surface area contributed by atoms with Crippen molar-refractivity contribution in [3.63, 3.8) is 0 Å². The fraction of sp³-hybridized carbons (Fsp3) is 0.192. The molecule has 2 amide bonds. The van der Waals surface area contributed by atoms with Gasteiger partial charge in [0.1, 0.15) is 0 Å². The third-order valence-corrected chi connectivity index (χ3v) is 8.16. The number of nitrogens with one attached hydrogen (secondary N) is 2. The van der Waals surface area contributed by atoms with E-state index < -0.39 is 9.84 Å². The number of benzene rings is 2. The Hall–Kier alpha value is -3.56. The van der Waals surface area contributed by atoms with Crippen LogP contribution in [0.1, 0.15) is 39.4 Å². The summed E-state index contributed by atoms with van der Waals surface area (Å²) in [5.41, 5.74) is 1.06. The zero-order chi connectivity index (χ0) is 25.0. The predicted molar refractivity (Wildman–Crippen MR) is 136 cm³/mol. The summed E-state index contributed by atoms with van der Waals surface area (Å²) in [4.78, 5) is 29.7. The first kappa shape index (κ1) is 24.6. The molecule has 4 rings (SSSR count). The van der Waals surface area contributed by atoms with Crippen molar-refractivity contribution in [2.24, 2.45) is 5.92 Å². The van der Waals surface area contributed by atoms with Crippen molar-refractivity contribution in [3.8, 4) is 0 Å². The maximum atomic E-state index is 13.1. The molecule has 9 heteroatoms. The van der Waals surface area contributed by atoms with Crippen molar-refractivity contribution in [1.29, 1.82) is 0 Å². The second-order valence-electron chi connectivity index (χ2n) is 8.49. The Morgan fingerprint density at radius 3 is 2.43 bits per heavy atom. The van der Waals surface area contributed by atoms with Crippen LogP contribution in [0.15, 0.2) is 82.8 Å². The number of pyridine rings is 1. The molecule has 0 unspecified atom stereocenters. The van der Waals surface area contributed by atoms with Crippen molar-refractivity contribution in [3.05, 3.63) is 89.1 Å². The molecule has 180 valence electrons. The number of sulfone groups is 1. The first-order valence-electron chi connectivity index (χ1n) is 11.1. The highest BCUT2D eigenvalue weighted by Crippen LogP contribution is 2.25. The SMILES string of the molecule is CC(C)CNC(=O)c1cccc(S(=O)(=O)c2ccc(CNC(=O)c3cc4ccncc4s3)cc2)c1. The lowest BCUT2D eigenvalue weighted by Gasteiger charge is -2.10. The highest BCUT2D eigenvalue weighted by atomic mass is 32.2. The summed E-state index contributed by atoms with van der Waals surface area (Å²) >= 11 is 1.37. The van der Waals surface area contributed by atoms with Gasteiger partial charge in [-0.15, -0.1) is 11.3 Å². The van der Waals surface area contributed by atoms with Crippen LogP contribution in [0.4, 0.5) is 0 Å². The van der Waals surface area contributed by atoms with Crippen LogP contribution in [-0.4, -0.2) is 31.8 Å². The van der Waals surface area contributed by atoms with Gasteiger partial charge in [-0.25, -0.2) is 8.42 Å². The minimum absolute atomic E-state index is 0.0509. The summed E-state index contributed by atoms with van der Waals surface area (Å²) in [7, 11) is -3.80. The molecule has 2 heterocycles. The van der Waals surface area contributed by atoms with Gasteiger partial charge in [-0.3, -0.25) is 14.6 Å². The highest BCUT2D eigenvalue weighted by molar-refractivity contribution is 7.91. The van der Waals surface area contributed by atoms with Gasteiger partial charge in [0.2, 0.25) is 9.84 Å². The van der Waals surface area contributed by atoms with Crippen LogP contribution in [-0.2, 0) is 16.4 Å². The molecular formula is C26H25N3O4S2. The topological polar surface area (TPSA) is 105 Å². The summed E-state index contributed by atoms with van der Waals surface area (Å²) < 4.78 is 27.2. The Kier molecular flexibility index (Phi) is 7.28. The number of thiophene rings is 1. The van der Waals surface area contributed by atoms with Gasteiger partial charge in [-0.1, -0.05) is 32.0 Å². The lowest BCUT2D eigenvalue weighted by molar-refractivity contribution is 0.0943. The minimum atomic E-state index is -3.80. The Morgan fingerprint density at radius 2 is 1.71 bits per heavy atom. The predicted octanol–water partition coefficient (Wildman–Crippen LogP) is 4.44. The first-order chi connectivity index (χ1) is 16.7. The van der Waals surface area contributed by atoms with E-state index in [-0.39, 0.29) is 34.1 Å². The molecule has 0 atom stereocenters. The van der Waals surface area contributed by atoms with Gasteiger partial charge >= 0.3 is 0 Å². The van der Waals surface area contributed by atoms with Gasteiger partial charge in [0.05, 0.1) is 19.4 Å². The van der Waals surface area contributed by atoms with Gasteiger partial charge in [0.25, 0.3) is 11.8 Å². The minimum Gasteiger partial charge on any atom is -0.352 e. The van der Waals surface area contributed by atoms with Gasteiger partial charge in [0.15, 0.2) is 0 Å². The van der Waals surface area contributed by atoms with Gasteiger partial charge in [0, 0.05) is 31.0 Å².